The van der Waals surface area contributed by atoms with Crippen molar-refractivity contribution in [3.63, 3.8) is 0 Å². The summed E-state index contributed by atoms with van der Waals surface area (Å²) in [5.41, 5.74) is 0. The first-order valence-electron chi connectivity index (χ1n) is 7.24. The van der Waals surface area contributed by atoms with Gasteiger partial charge in [-0.15, -0.1) is 0 Å². The molecule has 10 N–H and O–H groups in total. The zero-order valence-electron chi connectivity index (χ0n) is 13.5. The Morgan fingerprint density at radius 1 is 0.630 bits per heavy atom. The molecule has 0 fully saturated rings. The van der Waals surface area contributed by atoms with E-state index in [1.807, 2.05) is 0 Å². The number of carbonyl (C=O) groups is 2. The molecule has 8 unspecified atom stereocenters. The van der Waals surface area contributed by atoms with E-state index in [0.29, 0.717) is 0 Å². The fourth-order valence-electron chi connectivity index (χ4n) is 1.51. The number of hydrogen-bond donors (Lipinski definition) is 10. The molecular weight excluding hydrogens is 496 g/mol. The number of aliphatic hydroxyl groups excluding tert-OH is 10. The van der Waals surface area contributed by atoms with Gasteiger partial charge in [-0.1, -0.05) is 0 Å². The molecule has 27 heavy (non-hydrogen) atoms. The van der Waals surface area contributed by atoms with E-state index in [4.69, 9.17) is 20.4 Å². The molecule has 0 aromatic rings. The second kappa shape index (κ2) is 12.7. The summed E-state index contributed by atoms with van der Waals surface area (Å²) >= 11 is -2.47. The molecule has 0 saturated carbocycles. The minimum atomic E-state index is -2.47. The van der Waals surface area contributed by atoms with Crippen LogP contribution in [0.5, 0.6) is 0 Å². The van der Waals surface area contributed by atoms with Gasteiger partial charge in [-0.2, -0.15) is 0 Å². The molecule has 0 saturated heterocycles. The van der Waals surface area contributed by atoms with Gasteiger partial charge < -0.3 is 0 Å². The number of hydrogen-bond acceptors (Lipinski definition) is 14. The Hall–Kier alpha value is -0.670. The quantitative estimate of drug-likeness (QED) is 0.108. The van der Waals surface area contributed by atoms with Crippen molar-refractivity contribution in [2.45, 2.75) is 48.8 Å². The Labute approximate surface area is 163 Å². The molecule has 0 aliphatic rings. The summed E-state index contributed by atoms with van der Waals surface area (Å²) in [6, 6.07) is 0. The van der Waals surface area contributed by atoms with Crippen LogP contribution in [0.3, 0.4) is 0 Å². The van der Waals surface area contributed by atoms with Crippen molar-refractivity contribution in [1.82, 2.24) is 0 Å². The Kier molecular flexibility index (Phi) is 12.4. The van der Waals surface area contributed by atoms with Crippen LogP contribution in [0, 0.1) is 0 Å². The van der Waals surface area contributed by atoms with E-state index in [2.05, 4.69) is 6.20 Å². The van der Waals surface area contributed by atoms with E-state index in [9.17, 15) is 40.2 Å². The summed E-state index contributed by atoms with van der Waals surface area (Å²) in [7, 11) is 0. The SMILES string of the molecule is O=C(O[Te]OC(=O)C(O)C(O)C(O)C(O)CO)C(O)C(O)C(O)C(O)CO. The van der Waals surface area contributed by atoms with Crippen molar-refractivity contribution >= 4 is 33.7 Å². The third-order valence-electron chi connectivity index (χ3n) is 3.22. The van der Waals surface area contributed by atoms with Gasteiger partial charge in [-0.25, -0.2) is 0 Å². The third kappa shape index (κ3) is 8.07. The van der Waals surface area contributed by atoms with E-state index in [-0.39, 0.29) is 0 Å². The first-order chi connectivity index (χ1) is 12.5. The van der Waals surface area contributed by atoms with Crippen LogP contribution in [0.1, 0.15) is 0 Å². The molecule has 8 atom stereocenters. The summed E-state index contributed by atoms with van der Waals surface area (Å²) in [6.07, 6.45) is -17.1. The van der Waals surface area contributed by atoms with E-state index >= 15 is 0 Å². The van der Waals surface area contributed by atoms with Crippen molar-refractivity contribution in [2.24, 2.45) is 0 Å². The van der Waals surface area contributed by atoms with Gasteiger partial charge in [-0.05, 0) is 0 Å². The molecule has 160 valence electrons. The number of aliphatic hydroxyl groups is 10. The summed E-state index contributed by atoms with van der Waals surface area (Å²) in [6.45, 7) is -1.94. The van der Waals surface area contributed by atoms with Crippen molar-refractivity contribution in [1.29, 1.82) is 0 Å². The monoisotopic (exact) mass is 520 g/mol. The molecule has 0 aromatic carbocycles. The number of rotatable bonds is 12. The van der Waals surface area contributed by atoms with Gasteiger partial charge in [0, 0.05) is 0 Å². The number of carbonyl (C=O) groups excluding carboxylic acids is 2. The van der Waals surface area contributed by atoms with Crippen LogP contribution in [0.15, 0.2) is 0 Å². The molecule has 0 rings (SSSR count). The zero-order valence-corrected chi connectivity index (χ0v) is 15.9. The second-order valence-electron chi connectivity index (χ2n) is 5.22. The first-order valence-corrected chi connectivity index (χ1v) is 9.14. The fraction of sp³-hybridized carbons (Fsp3) is 0.833. The van der Waals surface area contributed by atoms with Crippen LogP contribution in [0.4, 0.5) is 0 Å². The van der Waals surface area contributed by atoms with E-state index in [0.717, 1.165) is 0 Å². The Morgan fingerprint density at radius 3 is 1.19 bits per heavy atom. The van der Waals surface area contributed by atoms with Gasteiger partial charge in [0.2, 0.25) is 0 Å². The van der Waals surface area contributed by atoms with Crippen LogP contribution >= 0.6 is 0 Å². The standard InChI is InChI=1S/C12H22O14Te/c13-1-3(15)5(17)7(19)9(21)11(23)25-27-26-12(24)10(22)8(20)6(18)4(16)2-14/h3-10,13-22H,1-2H2. The Morgan fingerprint density at radius 2 is 0.926 bits per heavy atom. The van der Waals surface area contributed by atoms with E-state index in [1.54, 1.807) is 0 Å². The predicted molar refractivity (Wildman–Crippen MR) is 80.2 cm³/mol. The summed E-state index contributed by atoms with van der Waals surface area (Å²) in [5, 5.41) is 91.9. The molecule has 0 spiro atoms. The van der Waals surface area contributed by atoms with Crippen LogP contribution in [-0.2, 0) is 15.8 Å². The van der Waals surface area contributed by atoms with Gasteiger partial charge in [0.1, 0.15) is 0 Å². The van der Waals surface area contributed by atoms with Crippen LogP contribution in [0.2, 0.25) is 0 Å². The van der Waals surface area contributed by atoms with E-state index < -0.39 is 95.7 Å². The molecule has 0 heterocycles. The van der Waals surface area contributed by atoms with Crippen LogP contribution in [0.25, 0.3) is 0 Å². The normalized spacial score (nSPS) is 20.5. The molecular formula is C12H22O14Te. The molecule has 15 heteroatoms. The molecule has 0 aliphatic heterocycles. The van der Waals surface area contributed by atoms with Gasteiger partial charge in [0.25, 0.3) is 0 Å². The second-order valence-corrected chi connectivity index (χ2v) is 6.56. The first kappa shape index (κ1) is 26.3. The van der Waals surface area contributed by atoms with Crippen molar-refractivity contribution in [3.05, 3.63) is 0 Å². The zero-order chi connectivity index (χ0) is 21.3. The summed E-state index contributed by atoms with van der Waals surface area (Å²) < 4.78 is 8.71. The Bertz CT molecular complexity index is 423. The summed E-state index contributed by atoms with van der Waals surface area (Å²) in [4.78, 5) is 22.9. The fourth-order valence-corrected chi connectivity index (χ4v) is 2.55. The average molecular weight is 518 g/mol. The van der Waals surface area contributed by atoms with Gasteiger partial charge in [0.15, 0.2) is 0 Å². The molecule has 0 amide bonds. The molecule has 0 radical (unpaired) electrons. The molecule has 0 bridgehead atoms. The van der Waals surface area contributed by atoms with Crippen LogP contribution in [-0.4, -0.2) is 147 Å². The predicted octanol–water partition coefficient (Wildman–Crippen LogP) is -7.52. The minimum absolute atomic E-state index is 0.969. The topological polar surface area (TPSA) is 255 Å². The molecule has 0 aromatic heterocycles. The Balaban J connectivity index is 4.48. The van der Waals surface area contributed by atoms with Crippen LogP contribution < -0.4 is 0 Å². The average Bonchev–Trinajstić information content (AvgIpc) is 2.68. The molecule has 14 nitrogen and oxygen atoms in total. The third-order valence-corrected chi connectivity index (χ3v) is 4.55. The molecule has 0 aliphatic carbocycles. The van der Waals surface area contributed by atoms with Gasteiger partial charge in [-0.3, -0.25) is 0 Å². The van der Waals surface area contributed by atoms with Crippen molar-refractivity contribution < 1.29 is 66.9 Å². The van der Waals surface area contributed by atoms with Gasteiger partial charge >= 0.3 is 163 Å². The van der Waals surface area contributed by atoms with Crippen molar-refractivity contribution in [2.75, 3.05) is 13.2 Å². The van der Waals surface area contributed by atoms with E-state index in [1.165, 1.54) is 0 Å². The van der Waals surface area contributed by atoms with Crippen molar-refractivity contribution in [3.8, 4) is 0 Å². The maximum absolute atomic E-state index is 11.5. The summed E-state index contributed by atoms with van der Waals surface area (Å²) in [5.74, 6) is -3.10. The van der Waals surface area contributed by atoms with Gasteiger partial charge in [0.05, 0.1) is 0 Å². The maximum atomic E-state index is 11.5.